The molecular formula is C30H26N4O2S. The maximum absolute atomic E-state index is 5.62. The molecule has 0 aliphatic carbocycles. The SMILES string of the molecule is COc1ccc(-c2nn(-c3ccccc3)cc2[C@@H]2CC(c3cccs3)=NN2c2ccccc2)cc1OC. The van der Waals surface area contributed by atoms with Gasteiger partial charge in [0.2, 0.25) is 0 Å². The van der Waals surface area contributed by atoms with Crippen LogP contribution in [0.1, 0.15) is 22.9 Å². The summed E-state index contributed by atoms with van der Waals surface area (Å²) in [6.07, 6.45) is 2.91. The first kappa shape index (κ1) is 23.1. The molecule has 5 aromatic rings. The smallest absolute Gasteiger partial charge is 0.161 e. The van der Waals surface area contributed by atoms with Gasteiger partial charge in [-0.15, -0.1) is 11.3 Å². The van der Waals surface area contributed by atoms with E-state index in [1.165, 1.54) is 4.88 Å². The normalized spacial score (nSPS) is 15.0. The molecule has 0 amide bonds. The maximum atomic E-state index is 5.62. The molecule has 3 heterocycles. The first-order valence-corrected chi connectivity index (χ1v) is 13.0. The van der Waals surface area contributed by atoms with Gasteiger partial charge in [-0.1, -0.05) is 42.5 Å². The second-order valence-electron chi connectivity index (χ2n) is 8.71. The van der Waals surface area contributed by atoms with Gasteiger partial charge in [0.25, 0.3) is 0 Å². The molecule has 0 fully saturated rings. The van der Waals surface area contributed by atoms with Crippen LogP contribution in [0.15, 0.2) is 108 Å². The van der Waals surface area contributed by atoms with E-state index >= 15 is 0 Å². The number of ether oxygens (including phenoxy) is 2. The number of aromatic nitrogens is 2. The Morgan fingerprint density at radius 1 is 0.811 bits per heavy atom. The molecule has 0 radical (unpaired) electrons. The number of hydrazone groups is 1. The van der Waals surface area contributed by atoms with Crippen LogP contribution in [0.2, 0.25) is 0 Å². The highest BCUT2D eigenvalue weighted by molar-refractivity contribution is 7.12. The highest BCUT2D eigenvalue weighted by Crippen LogP contribution is 2.42. The number of anilines is 1. The molecule has 0 spiro atoms. The van der Waals surface area contributed by atoms with Crippen LogP contribution in [0.5, 0.6) is 11.5 Å². The van der Waals surface area contributed by atoms with Crippen molar-refractivity contribution in [2.45, 2.75) is 12.5 Å². The van der Waals surface area contributed by atoms with Crippen molar-refractivity contribution in [2.24, 2.45) is 5.10 Å². The highest BCUT2D eigenvalue weighted by atomic mass is 32.1. The second-order valence-corrected chi connectivity index (χ2v) is 9.65. The Morgan fingerprint density at radius 3 is 2.22 bits per heavy atom. The van der Waals surface area contributed by atoms with E-state index in [0.29, 0.717) is 11.5 Å². The van der Waals surface area contributed by atoms with Gasteiger partial charge in [-0.25, -0.2) is 4.68 Å². The fourth-order valence-corrected chi connectivity index (χ4v) is 5.44. The molecule has 0 unspecified atom stereocenters. The number of hydrogen-bond acceptors (Lipinski definition) is 6. The Balaban J connectivity index is 1.51. The number of para-hydroxylation sites is 2. The summed E-state index contributed by atoms with van der Waals surface area (Å²) >= 11 is 1.72. The Bertz CT molecular complexity index is 1530. The van der Waals surface area contributed by atoms with Gasteiger partial charge < -0.3 is 9.47 Å². The minimum absolute atomic E-state index is 0.0277. The molecule has 6 nitrogen and oxygen atoms in total. The average molecular weight is 507 g/mol. The molecule has 1 atom stereocenters. The number of rotatable bonds is 7. The molecule has 0 saturated carbocycles. The third kappa shape index (κ3) is 4.38. The van der Waals surface area contributed by atoms with Gasteiger partial charge in [0.1, 0.15) is 0 Å². The van der Waals surface area contributed by atoms with Crippen molar-refractivity contribution in [3.8, 4) is 28.4 Å². The van der Waals surface area contributed by atoms with E-state index in [9.17, 15) is 0 Å². The van der Waals surface area contributed by atoms with Crippen LogP contribution in [-0.2, 0) is 0 Å². The molecule has 0 bridgehead atoms. The Labute approximate surface area is 220 Å². The van der Waals surface area contributed by atoms with E-state index in [4.69, 9.17) is 19.7 Å². The molecule has 37 heavy (non-hydrogen) atoms. The fourth-order valence-electron chi connectivity index (χ4n) is 4.71. The Morgan fingerprint density at radius 2 is 1.54 bits per heavy atom. The summed E-state index contributed by atoms with van der Waals surface area (Å²) < 4.78 is 13.1. The van der Waals surface area contributed by atoms with E-state index < -0.39 is 0 Å². The summed E-state index contributed by atoms with van der Waals surface area (Å²) in [7, 11) is 3.30. The molecule has 184 valence electrons. The van der Waals surface area contributed by atoms with Gasteiger partial charge in [0, 0.05) is 23.7 Å². The topological polar surface area (TPSA) is 51.9 Å². The summed E-state index contributed by atoms with van der Waals surface area (Å²) in [5, 5.41) is 14.4. The molecule has 7 heteroatoms. The van der Waals surface area contributed by atoms with Gasteiger partial charge in [0.05, 0.1) is 47.9 Å². The minimum Gasteiger partial charge on any atom is -0.493 e. The summed E-state index contributed by atoms with van der Waals surface area (Å²) in [6.45, 7) is 0. The van der Waals surface area contributed by atoms with Crippen LogP contribution in [0.3, 0.4) is 0 Å². The molecule has 1 aliphatic rings. The first-order valence-electron chi connectivity index (χ1n) is 12.1. The number of benzene rings is 3. The molecule has 2 aromatic heterocycles. The zero-order chi connectivity index (χ0) is 25.2. The molecule has 6 rings (SSSR count). The van der Waals surface area contributed by atoms with Crippen molar-refractivity contribution in [2.75, 3.05) is 19.2 Å². The summed E-state index contributed by atoms with van der Waals surface area (Å²) in [4.78, 5) is 1.19. The van der Waals surface area contributed by atoms with Crippen molar-refractivity contribution >= 4 is 22.7 Å². The predicted octanol–water partition coefficient (Wildman–Crippen LogP) is 6.97. The van der Waals surface area contributed by atoms with E-state index in [0.717, 1.165) is 40.3 Å². The minimum atomic E-state index is -0.0277. The van der Waals surface area contributed by atoms with Gasteiger partial charge >= 0.3 is 0 Å². The monoisotopic (exact) mass is 506 g/mol. The van der Waals surface area contributed by atoms with Crippen molar-refractivity contribution in [3.05, 3.63) is 113 Å². The molecule has 0 N–H and O–H groups in total. The molecule has 0 saturated heterocycles. The Hall–Kier alpha value is -4.36. The summed E-state index contributed by atoms with van der Waals surface area (Å²) in [5.41, 5.74) is 6.06. The van der Waals surface area contributed by atoms with Gasteiger partial charge in [-0.05, 0) is 53.9 Å². The van der Waals surface area contributed by atoms with Crippen LogP contribution in [0, 0.1) is 0 Å². The highest BCUT2D eigenvalue weighted by Gasteiger charge is 2.34. The van der Waals surface area contributed by atoms with Crippen LogP contribution < -0.4 is 14.5 Å². The molecular weight excluding hydrogens is 480 g/mol. The number of thiophene rings is 1. The van der Waals surface area contributed by atoms with Crippen molar-refractivity contribution < 1.29 is 9.47 Å². The van der Waals surface area contributed by atoms with Gasteiger partial charge in [0.15, 0.2) is 11.5 Å². The van der Waals surface area contributed by atoms with Gasteiger partial charge in [-0.2, -0.15) is 10.2 Å². The van der Waals surface area contributed by atoms with E-state index in [1.807, 2.05) is 59.3 Å². The molecule has 1 aliphatic heterocycles. The lowest BCUT2D eigenvalue weighted by Gasteiger charge is -2.23. The quantitative estimate of drug-likeness (QED) is 0.239. The summed E-state index contributed by atoms with van der Waals surface area (Å²) in [6, 6.07) is 30.7. The largest absolute Gasteiger partial charge is 0.493 e. The lowest BCUT2D eigenvalue weighted by Crippen LogP contribution is -2.18. The second kappa shape index (κ2) is 9.95. The van der Waals surface area contributed by atoms with Crippen molar-refractivity contribution in [1.29, 1.82) is 0 Å². The average Bonchev–Trinajstić information content (AvgIpc) is 3.73. The zero-order valence-corrected chi connectivity index (χ0v) is 21.4. The number of methoxy groups -OCH3 is 2. The standard InChI is InChI=1S/C30H26N4O2S/c1-35-27-16-15-21(18-28(27)36-2)30-24(20-33(32-30)22-10-5-3-6-11-22)26-19-25(29-14-9-17-37-29)31-34(26)23-12-7-4-8-13-23/h3-18,20,26H,19H2,1-2H3/t26-/m0/s1. The van der Waals surface area contributed by atoms with E-state index in [1.54, 1.807) is 25.6 Å². The van der Waals surface area contributed by atoms with Crippen LogP contribution in [0.4, 0.5) is 5.69 Å². The maximum Gasteiger partial charge on any atom is 0.161 e. The van der Waals surface area contributed by atoms with Crippen LogP contribution in [-0.4, -0.2) is 29.7 Å². The van der Waals surface area contributed by atoms with Crippen molar-refractivity contribution in [1.82, 2.24) is 9.78 Å². The number of hydrogen-bond donors (Lipinski definition) is 0. The zero-order valence-electron chi connectivity index (χ0n) is 20.6. The van der Waals surface area contributed by atoms with E-state index in [2.05, 4.69) is 53.0 Å². The predicted molar refractivity (Wildman–Crippen MR) is 149 cm³/mol. The van der Waals surface area contributed by atoms with Gasteiger partial charge in [-0.3, -0.25) is 5.01 Å². The first-order chi connectivity index (χ1) is 18.2. The Kier molecular flexibility index (Phi) is 6.20. The van der Waals surface area contributed by atoms with Crippen LogP contribution in [0.25, 0.3) is 16.9 Å². The third-order valence-corrected chi connectivity index (χ3v) is 7.43. The van der Waals surface area contributed by atoms with Crippen LogP contribution >= 0.6 is 11.3 Å². The molecule has 3 aromatic carbocycles. The lowest BCUT2D eigenvalue weighted by atomic mass is 9.97. The lowest BCUT2D eigenvalue weighted by molar-refractivity contribution is 0.355. The van der Waals surface area contributed by atoms with E-state index in [-0.39, 0.29) is 6.04 Å². The fraction of sp³-hybridized carbons (Fsp3) is 0.133. The van der Waals surface area contributed by atoms with Crippen molar-refractivity contribution in [3.63, 3.8) is 0 Å². The summed E-state index contributed by atoms with van der Waals surface area (Å²) in [5.74, 6) is 1.35. The third-order valence-electron chi connectivity index (χ3n) is 6.52. The number of nitrogens with zero attached hydrogens (tertiary/aromatic N) is 4.